The SMILES string of the molecule is CCc1nccn1CC(C)C(=O)O. The molecule has 0 saturated heterocycles. The van der Waals surface area contributed by atoms with Gasteiger partial charge in [0.05, 0.1) is 5.92 Å². The molecule has 4 nitrogen and oxygen atoms in total. The molecule has 0 aliphatic heterocycles. The second-order valence-electron chi connectivity index (χ2n) is 3.09. The Bertz CT molecular complexity index is 294. The zero-order valence-corrected chi connectivity index (χ0v) is 7.90. The van der Waals surface area contributed by atoms with Gasteiger partial charge in [-0.2, -0.15) is 0 Å². The highest BCUT2D eigenvalue weighted by Gasteiger charge is 2.12. The fraction of sp³-hybridized carbons (Fsp3) is 0.556. The van der Waals surface area contributed by atoms with Crippen molar-refractivity contribution in [2.75, 3.05) is 0 Å². The van der Waals surface area contributed by atoms with Gasteiger partial charge in [-0.05, 0) is 0 Å². The highest BCUT2D eigenvalue weighted by Crippen LogP contribution is 2.04. The number of hydrogen-bond acceptors (Lipinski definition) is 2. The molecule has 1 unspecified atom stereocenters. The van der Waals surface area contributed by atoms with Gasteiger partial charge < -0.3 is 9.67 Å². The molecule has 1 aromatic heterocycles. The molecule has 1 N–H and O–H groups in total. The van der Waals surface area contributed by atoms with E-state index in [0.29, 0.717) is 6.54 Å². The summed E-state index contributed by atoms with van der Waals surface area (Å²) in [4.78, 5) is 14.7. The van der Waals surface area contributed by atoms with E-state index in [1.165, 1.54) is 0 Å². The van der Waals surface area contributed by atoms with Crippen LogP contribution in [0.3, 0.4) is 0 Å². The van der Waals surface area contributed by atoms with Crippen LogP contribution in [0.1, 0.15) is 19.7 Å². The lowest BCUT2D eigenvalue weighted by Crippen LogP contribution is -2.17. The van der Waals surface area contributed by atoms with E-state index in [0.717, 1.165) is 12.2 Å². The Labute approximate surface area is 77.2 Å². The van der Waals surface area contributed by atoms with Crippen molar-refractivity contribution in [1.29, 1.82) is 0 Å². The lowest BCUT2D eigenvalue weighted by atomic mass is 10.2. The summed E-state index contributed by atoms with van der Waals surface area (Å²) in [6.07, 6.45) is 4.35. The van der Waals surface area contributed by atoms with E-state index in [9.17, 15) is 4.79 Å². The Hall–Kier alpha value is -1.32. The average Bonchev–Trinajstić information content (AvgIpc) is 2.51. The van der Waals surface area contributed by atoms with Gasteiger partial charge >= 0.3 is 5.97 Å². The standard InChI is InChI=1S/C9H14N2O2/c1-3-8-10-4-5-11(8)6-7(2)9(12)13/h4-5,7H,3,6H2,1-2H3,(H,12,13). The molecular weight excluding hydrogens is 168 g/mol. The number of aliphatic carboxylic acids is 1. The van der Waals surface area contributed by atoms with Gasteiger partial charge in [0.15, 0.2) is 0 Å². The average molecular weight is 182 g/mol. The van der Waals surface area contributed by atoms with Crippen molar-refractivity contribution in [3.8, 4) is 0 Å². The molecule has 4 heteroatoms. The first-order valence-electron chi connectivity index (χ1n) is 4.38. The monoisotopic (exact) mass is 182 g/mol. The smallest absolute Gasteiger partial charge is 0.308 e. The van der Waals surface area contributed by atoms with Gasteiger partial charge in [-0.3, -0.25) is 4.79 Å². The first kappa shape index (κ1) is 9.77. The molecule has 0 aliphatic carbocycles. The summed E-state index contributed by atoms with van der Waals surface area (Å²) in [5.74, 6) is -0.191. The van der Waals surface area contributed by atoms with Crippen molar-refractivity contribution >= 4 is 5.97 Å². The van der Waals surface area contributed by atoms with Crippen LogP contribution in [-0.2, 0) is 17.8 Å². The van der Waals surface area contributed by atoms with Crippen LogP contribution in [0.2, 0.25) is 0 Å². The molecule has 1 rings (SSSR count). The van der Waals surface area contributed by atoms with E-state index < -0.39 is 5.97 Å². The second-order valence-corrected chi connectivity index (χ2v) is 3.09. The zero-order valence-electron chi connectivity index (χ0n) is 7.90. The lowest BCUT2D eigenvalue weighted by Gasteiger charge is -2.09. The molecule has 0 amide bonds. The van der Waals surface area contributed by atoms with E-state index in [2.05, 4.69) is 4.98 Å². The fourth-order valence-electron chi connectivity index (χ4n) is 1.19. The Balaban J connectivity index is 2.68. The van der Waals surface area contributed by atoms with E-state index in [1.54, 1.807) is 13.1 Å². The van der Waals surface area contributed by atoms with Crippen LogP contribution in [0.5, 0.6) is 0 Å². The number of nitrogens with zero attached hydrogens (tertiary/aromatic N) is 2. The molecule has 13 heavy (non-hydrogen) atoms. The highest BCUT2D eigenvalue weighted by atomic mass is 16.4. The molecule has 0 aromatic carbocycles. The molecule has 0 radical (unpaired) electrons. The molecule has 1 aromatic rings. The number of hydrogen-bond donors (Lipinski definition) is 1. The third kappa shape index (κ3) is 2.31. The number of carboxylic acid groups (broad SMARTS) is 1. The third-order valence-electron chi connectivity index (χ3n) is 2.01. The van der Waals surface area contributed by atoms with E-state index >= 15 is 0 Å². The molecule has 0 spiro atoms. The first-order valence-corrected chi connectivity index (χ1v) is 4.38. The summed E-state index contributed by atoms with van der Waals surface area (Å²) >= 11 is 0. The van der Waals surface area contributed by atoms with Crippen LogP contribution in [0.15, 0.2) is 12.4 Å². The quantitative estimate of drug-likeness (QED) is 0.760. The van der Waals surface area contributed by atoms with Crippen LogP contribution in [-0.4, -0.2) is 20.6 Å². The summed E-state index contributed by atoms with van der Waals surface area (Å²) in [5, 5.41) is 8.71. The van der Waals surface area contributed by atoms with Crippen LogP contribution in [0.25, 0.3) is 0 Å². The van der Waals surface area contributed by atoms with Gasteiger partial charge in [0.2, 0.25) is 0 Å². The molecule has 1 atom stereocenters. The van der Waals surface area contributed by atoms with Crippen molar-refractivity contribution in [3.63, 3.8) is 0 Å². The molecule has 72 valence electrons. The largest absolute Gasteiger partial charge is 0.481 e. The summed E-state index contributed by atoms with van der Waals surface area (Å²) in [7, 11) is 0. The predicted octanol–water partition coefficient (Wildman–Crippen LogP) is 1.17. The zero-order chi connectivity index (χ0) is 9.84. The Morgan fingerprint density at radius 3 is 3.00 bits per heavy atom. The van der Waals surface area contributed by atoms with E-state index in [-0.39, 0.29) is 5.92 Å². The molecular formula is C9H14N2O2. The number of carbonyl (C=O) groups is 1. The van der Waals surface area contributed by atoms with Gasteiger partial charge in [0.25, 0.3) is 0 Å². The van der Waals surface area contributed by atoms with Crippen LogP contribution in [0, 0.1) is 5.92 Å². The Morgan fingerprint density at radius 1 is 1.77 bits per heavy atom. The molecule has 0 aliphatic rings. The van der Waals surface area contributed by atoms with E-state index in [1.807, 2.05) is 17.7 Å². The van der Waals surface area contributed by atoms with Gasteiger partial charge in [0, 0.05) is 25.4 Å². The maximum absolute atomic E-state index is 10.6. The van der Waals surface area contributed by atoms with Crippen molar-refractivity contribution in [1.82, 2.24) is 9.55 Å². The normalized spacial score (nSPS) is 12.8. The van der Waals surface area contributed by atoms with Crippen molar-refractivity contribution in [3.05, 3.63) is 18.2 Å². The highest BCUT2D eigenvalue weighted by molar-refractivity contribution is 5.69. The fourth-order valence-corrected chi connectivity index (χ4v) is 1.19. The lowest BCUT2D eigenvalue weighted by molar-refractivity contribution is -0.141. The maximum Gasteiger partial charge on any atom is 0.308 e. The minimum Gasteiger partial charge on any atom is -0.481 e. The number of imidazole rings is 1. The molecule has 0 bridgehead atoms. The topological polar surface area (TPSA) is 55.1 Å². The third-order valence-corrected chi connectivity index (χ3v) is 2.01. The number of carboxylic acids is 1. The summed E-state index contributed by atoms with van der Waals surface area (Å²) < 4.78 is 1.89. The van der Waals surface area contributed by atoms with Gasteiger partial charge in [-0.25, -0.2) is 4.98 Å². The van der Waals surface area contributed by atoms with Crippen LogP contribution < -0.4 is 0 Å². The predicted molar refractivity (Wildman–Crippen MR) is 48.4 cm³/mol. The molecule has 0 saturated carbocycles. The van der Waals surface area contributed by atoms with Crippen LogP contribution in [0.4, 0.5) is 0 Å². The van der Waals surface area contributed by atoms with Gasteiger partial charge in [-0.15, -0.1) is 0 Å². The van der Waals surface area contributed by atoms with Crippen molar-refractivity contribution in [2.45, 2.75) is 26.8 Å². The Kier molecular flexibility index (Phi) is 3.06. The second kappa shape index (κ2) is 4.07. The van der Waals surface area contributed by atoms with E-state index in [4.69, 9.17) is 5.11 Å². The summed E-state index contributed by atoms with van der Waals surface area (Å²) in [6.45, 7) is 4.20. The number of aromatic nitrogens is 2. The van der Waals surface area contributed by atoms with Crippen molar-refractivity contribution in [2.24, 2.45) is 5.92 Å². The molecule has 0 fully saturated rings. The minimum absolute atomic E-state index is 0.362. The Morgan fingerprint density at radius 2 is 2.46 bits per heavy atom. The number of rotatable bonds is 4. The molecule has 1 heterocycles. The van der Waals surface area contributed by atoms with Gasteiger partial charge in [-0.1, -0.05) is 13.8 Å². The summed E-state index contributed by atoms with van der Waals surface area (Å²) in [5.41, 5.74) is 0. The van der Waals surface area contributed by atoms with Crippen molar-refractivity contribution < 1.29 is 9.90 Å². The minimum atomic E-state index is -0.768. The maximum atomic E-state index is 10.6. The van der Waals surface area contributed by atoms with Gasteiger partial charge in [0.1, 0.15) is 5.82 Å². The van der Waals surface area contributed by atoms with Crippen LogP contribution >= 0.6 is 0 Å². The first-order chi connectivity index (χ1) is 6.15. The number of aryl methyl sites for hydroxylation is 1. The summed E-state index contributed by atoms with van der Waals surface area (Å²) in [6, 6.07) is 0.